The van der Waals surface area contributed by atoms with Gasteiger partial charge in [-0.2, -0.15) is 5.10 Å². The van der Waals surface area contributed by atoms with E-state index in [0.29, 0.717) is 24.9 Å². The molecule has 1 saturated heterocycles. The molecule has 0 radical (unpaired) electrons. The van der Waals surface area contributed by atoms with Gasteiger partial charge in [-0.05, 0) is 65.1 Å². The summed E-state index contributed by atoms with van der Waals surface area (Å²) in [5, 5.41) is 11.7. The number of fused-ring (bicyclic) bond motifs is 1. The van der Waals surface area contributed by atoms with Crippen LogP contribution in [0.3, 0.4) is 0 Å². The lowest BCUT2D eigenvalue weighted by Gasteiger charge is -2.32. The fraction of sp³-hybridized carbons (Fsp3) is 0.419. The number of rotatable bonds is 7. The molecule has 1 fully saturated rings. The third kappa shape index (κ3) is 5.70. The molecule has 12 heteroatoms. The van der Waals surface area contributed by atoms with E-state index in [1.54, 1.807) is 10.9 Å². The molecule has 0 saturated carbocycles. The van der Waals surface area contributed by atoms with Crippen LogP contribution in [0.2, 0.25) is 0 Å². The minimum absolute atomic E-state index is 0.0634. The molecule has 0 bridgehead atoms. The van der Waals surface area contributed by atoms with Crippen LogP contribution in [0.25, 0.3) is 22.2 Å². The molecule has 2 aliphatic rings. The Bertz CT molecular complexity index is 1690. The second kappa shape index (κ2) is 10.9. The van der Waals surface area contributed by atoms with E-state index in [-0.39, 0.29) is 24.2 Å². The highest BCUT2D eigenvalue weighted by Crippen LogP contribution is 2.39. The van der Waals surface area contributed by atoms with Gasteiger partial charge in [0.1, 0.15) is 0 Å². The molecule has 3 N–H and O–H groups in total. The first-order valence-corrected chi connectivity index (χ1v) is 14.7. The summed E-state index contributed by atoms with van der Waals surface area (Å²) in [5.74, 6) is 1.09. The lowest BCUT2D eigenvalue weighted by molar-refractivity contribution is -0.117. The third-order valence-corrected chi connectivity index (χ3v) is 8.82. The van der Waals surface area contributed by atoms with E-state index in [4.69, 9.17) is 14.3 Å². The molecule has 6 rings (SSSR count). The van der Waals surface area contributed by atoms with Crippen LogP contribution < -0.4 is 10.6 Å². The Hall–Kier alpha value is -4.00. The second-order valence-electron chi connectivity index (χ2n) is 12.5. The normalized spacial score (nSPS) is 18.2. The molecule has 3 aromatic heterocycles. The van der Waals surface area contributed by atoms with Crippen LogP contribution in [0.15, 0.2) is 48.2 Å². The molecule has 0 spiro atoms. The van der Waals surface area contributed by atoms with Crippen molar-refractivity contribution in [2.75, 3.05) is 30.3 Å². The van der Waals surface area contributed by atoms with Crippen molar-refractivity contribution < 1.29 is 14.1 Å². The molecule has 4 aromatic rings. The number of benzene rings is 1. The van der Waals surface area contributed by atoms with Crippen LogP contribution >= 0.6 is 0 Å². The maximum atomic E-state index is 13.1. The summed E-state index contributed by atoms with van der Waals surface area (Å²) in [5.41, 5.74) is 5.71. The van der Waals surface area contributed by atoms with Crippen LogP contribution in [-0.2, 0) is 21.2 Å². The molecule has 5 heterocycles. The highest BCUT2D eigenvalue weighted by atomic mass is 16.7. The molecule has 2 aliphatic heterocycles. The van der Waals surface area contributed by atoms with Gasteiger partial charge in [0.25, 0.3) is 0 Å². The Labute approximate surface area is 252 Å². The van der Waals surface area contributed by atoms with E-state index < -0.39 is 0 Å². The first kappa shape index (κ1) is 29.1. The number of nitrogens with zero attached hydrogens (tertiary/aromatic N) is 5. The number of H-pyrrole nitrogens is 1. The number of hydrogen-bond donors (Lipinski definition) is 3. The van der Waals surface area contributed by atoms with Gasteiger partial charge in [0.15, 0.2) is 5.82 Å². The molecule has 0 atom stereocenters. The van der Waals surface area contributed by atoms with E-state index >= 15 is 0 Å². The van der Waals surface area contributed by atoms with Gasteiger partial charge in [-0.1, -0.05) is 18.2 Å². The number of aromatic amines is 1. The molecule has 1 amide bonds. The van der Waals surface area contributed by atoms with E-state index in [1.165, 1.54) is 0 Å². The number of aromatic nitrogens is 5. The molecule has 0 aliphatic carbocycles. The number of carbonyl (C=O) groups is 1. The van der Waals surface area contributed by atoms with Crippen molar-refractivity contribution in [1.82, 2.24) is 29.6 Å². The predicted octanol–water partition coefficient (Wildman–Crippen LogP) is 4.92. The van der Waals surface area contributed by atoms with Crippen molar-refractivity contribution in [3.8, 4) is 11.3 Å². The Morgan fingerprint density at radius 3 is 2.60 bits per heavy atom. The summed E-state index contributed by atoms with van der Waals surface area (Å²) in [6.07, 6.45) is 6.67. The standard InChI is InChI=1S/C31H39BN8O3/c1-19-16-34-29(36-25-15-20(2)39(7)38-25)37-27(19)23-17-33-28-22(23)9-8-10-24(28)35-26(41)18-40-13-11-21(12-14-40)32-42-30(3,4)31(5,6)43-32/h8-11,15-17,33H,12-14,18H2,1-7H3,(H,35,41)(H,34,36,37,38). The number of anilines is 3. The maximum absolute atomic E-state index is 13.1. The molecule has 1 aromatic carbocycles. The number of nitrogens with one attached hydrogen (secondary N) is 3. The van der Waals surface area contributed by atoms with Gasteiger partial charge in [0, 0.05) is 55.2 Å². The summed E-state index contributed by atoms with van der Waals surface area (Å²) >= 11 is 0. The number of carbonyl (C=O) groups excluding carboxylic acids is 1. The summed E-state index contributed by atoms with van der Waals surface area (Å²) < 4.78 is 14.2. The highest BCUT2D eigenvalue weighted by molar-refractivity contribution is 6.54. The number of hydrogen-bond acceptors (Lipinski definition) is 8. The summed E-state index contributed by atoms with van der Waals surface area (Å²) in [7, 11) is 1.57. The zero-order valence-electron chi connectivity index (χ0n) is 25.9. The molecule has 43 heavy (non-hydrogen) atoms. The van der Waals surface area contributed by atoms with Crippen molar-refractivity contribution in [3.05, 3.63) is 59.5 Å². The lowest BCUT2D eigenvalue weighted by Crippen LogP contribution is -2.41. The SMILES string of the molecule is Cc1cnc(Nc2cc(C)n(C)n2)nc1-c1c[nH]c2c(NC(=O)CN3CC=C(B4OC(C)(C)C(C)(C)O4)CC3)cccc12. The van der Waals surface area contributed by atoms with Crippen molar-refractivity contribution in [2.24, 2.45) is 7.05 Å². The fourth-order valence-electron chi connectivity index (χ4n) is 5.44. The lowest BCUT2D eigenvalue weighted by atomic mass is 9.75. The molecular weight excluding hydrogens is 543 g/mol. The van der Waals surface area contributed by atoms with Crippen LogP contribution in [0, 0.1) is 13.8 Å². The van der Waals surface area contributed by atoms with Gasteiger partial charge in [-0.25, -0.2) is 9.97 Å². The van der Waals surface area contributed by atoms with Gasteiger partial charge in [-0.3, -0.25) is 14.4 Å². The molecule has 0 unspecified atom stereocenters. The number of aryl methyl sites for hydroxylation is 3. The number of para-hydroxylation sites is 1. The van der Waals surface area contributed by atoms with E-state index in [9.17, 15) is 4.79 Å². The Morgan fingerprint density at radius 2 is 1.93 bits per heavy atom. The Balaban J connectivity index is 1.13. The van der Waals surface area contributed by atoms with Gasteiger partial charge >= 0.3 is 7.12 Å². The summed E-state index contributed by atoms with van der Waals surface area (Å²) in [6.45, 7) is 14.0. The molecular formula is C31H39BN8O3. The Kier molecular flexibility index (Phi) is 7.39. The maximum Gasteiger partial charge on any atom is 0.490 e. The predicted molar refractivity (Wildman–Crippen MR) is 169 cm³/mol. The first-order chi connectivity index (χ1) is 20.4. The smallest absolute Gasteiger partial charge is 0.400 e. The minimum Gasteiger partial charge on any atom is -0.400 e. The van der Waals surface area contributed by atoms with Crippen molar-refractivity contribution in [1.29, 1.82) is 0 Å². The zero-order valence-corrected chi connectivity index (χ0v) is 25.9. The van der Waals surface area contributed by atoms with Gasteiger partial charge < -0.3 is 24.9 Å². The monoisotopic (exact) mass is 582 g/mol. The van der Waals surface area contributed by atoms with Crippen LogP contribution in [0.1, 0.15) is 45.4 Å². The first-order valence-electron chi connectivity index (χ1n) is 14.7. The minimum atomic E-state index is -0.363. The van der Waals surface area contributed by atoms with Crippen LogP contribution in [0.5, 0.6) is 0 Å². The Morgan fingerprint density at radius 1 is 1.16 bits per heavy atom. The van der Waals surface area contributed by atoms with Crippen molar-refractivity contribution in [3.63, 3.8) is 0 Å². The molecule has 224 valence electrons. The quantitative estimate of drug-likeness (QED) is 0.263. The van der Waals surface area contributed by atoms with Gasteiger partial charge in [0.05, 0.1) is 34.6 Å². The van der Waals surface area contributed by atoms with E-state index in [2.05, 4.69) is 64.4 Å². The fourth-order valence-corrected chi connectivity index (χ4v) is 5.44. The van der Waals surface area contributed by atoms with Gasteiger partial charge in [-0.15, -0.1) is 0 Å². The third-order valence-electron chi connectivity index (χ3n) is 8.82. The van der Waals surface area contributed by atoms with Crippen LogP contribution in [-0.4, -0.2) is 73.5 Å². The second-order valence-corrected chi connectivity index (χ2v) is 12.5. The largest absolute Gasteiger partial charge is 0.490 e. The van der Waals surface area contributed by atoms with Crippen molar-refractivity contribution >= 4 is 41.4 Å². The summed E-state index contributed by atoms with van der Waals surface area (Å²) in [4.78, 5) is 27.9. The van der Waals surface area contributed by atoms with E-state index in [1.807, 2.05) is 51.4 Å². The van der Waals surface area contributed by atoms with Crippen LogP contribution in [0.4, 0.5) is 17.5 Å². The highest BCUT2D eigenvalue weighted by Gasteiger charge is 2.52. The molecule has 11 nitrogen and oxygen atoms in total. The zero-order chi connectivity index (χ0) is 30.5. The average Bonchev–Trinajstić information content (AvgIpc) is 3.58. The summed E-state index contributed by atoms with van der Waals surface area (Å²) in [6, 6.07) is 7.83. The average molecular weight is 583 g/mol. The van der Waals surface area contributed by atoms with Gasteiger partial charge in [0.2, 0.25) is 11.9 Å². The van der Waals surface area contributed by atoms with Crippen molar-refractivity contribution in [2.45, 2.75) is 59.2 Å². The topological polar surface area (TPSA) is 122 Å². The van der Waals surface area contributed by atoms with E-state index in [0.717, 1.165) is 57.5 Å². The number of amides is 1.